The Balaban J connectivity index is 3.96. The fourth-order valence-corrected chi connectivity index (χ4v) is 0.725. The third-order valence-corrected chi connectivity index (χ3v) is 2.26. The molecule has 0 rings (SSSR count). The van der Waals surface area contributed by atoms with Crippen LogP contribution in [0.4, 0.5) is 0 Å². The highest BCUT2D eigenvalue weighted by Crippen LogP contribution is 2.36. The first kappa shape index (κ1) is 14.7. The van der Waals surface area contributed by atoms with Crippen molar-refractivity contribution in [2.45, 2.75) is 5.86 Å². The monoisotopic (exact) mass is 539 g/mol. The van der Waals surface area contributed by atoms with E-state index in [4.69, 9.17) is 0 Å². The first-order valence-electron chi connectivity index (χ1n) is 3.17. The van der Waals surface area contributed by atoms with E-state index >= 15 is 0 Å². The molecule has 0 unspecified atom stereocenters. The Morgan fingerprint density at radius 3 is 2.21 bits per heavy atom. The predicted molar refractivity (Wildman–Crippen MR) is 72.4 cm³/mol. The molecule has 0 aliphatic carbocycles. The summed E-state index contributed by atoms with van der Waals surface area (Å²) in [5, 5.41) is 9.89. The maximum Gasteiger partial charge on any atom is 0.349 e. The van der Waals surface area contributed by atoms with Crippen molar-refractivity contribution >= 4 is 79.7 Å². The molecule has 0 heterocycles. The zero-order valence-electron chi connectivity index (χ0n) is 6.54. The number of nitro groups is 1. The average Bonchev–Trinajstić information content (AvgIpc) is 1.99. The number of alkyl halides is 3. The summed E-state index contributed by atoms with van der Waals surface area (Å²) in [6, 6.07) is 0. The van der Waals surface area contributed by atoms with Gasteiger partial charge in [-0.2, -0.15) is 0 Å². The number of ether oxygens (including phenoxy) is 1. The fourth-order valence-electron chi connectivity index (χ4n) is 0.395. The highest BCUT2D eigenvalue weighted by Gasteiger charge is 2.32. The lowest BCUT2D eigenvalue weighted by atomic mass is 10.4. The minimum atomic E-state index is -0.874. The molecule has 6 nitrogen and oxygen atoms in total. The Morgan fingerprint density at radius 1 is 1.36 bits per heavy atom. The summed E-state index contributed by atoms with van der Waals surface area (Å²) in [5.41, 5.74) is 0. The van der Waals surface area contributed by atoms with Crippen LogP contribution in [0.5, 0.6) is 0 Å². The van der Waals surface area contributed by atoms with Gasteiger partial charge < -0.3 is 4.74 Å². The maximum atomic E-state index is 11.1. The van der Waals surface area contributed by atoms with Gasteiger partial charge in [-0.05, 0) is 67.8 Å². The number of halogens is 3. The Morgan fingerprint density at radius 2 is 1.86 bits per heavy atom. The van der Waals surface area contributed by atoms with Gasteiger partial charge in [-0.15, -0.1) is 0 Å². The smallest absolute Gasteiger partial charge is 0.349 e. The molecule has 0 radical (unpaired) electrons. The van der Waals surface area contributed by atoms with E-state index in [9.17, 15) is 19.7 Å². The number of hydrogen-bond donors (Lipinski definition) is 0. The third kappa shape index (κ3) is 7.08. The van der Waals surface area contributed by atoms with Crippen LogP contribution in [0.3, 0.4) is 0 Å². The molecule has 0 saturated heterocycles. The van der Waals surface area contributed by atoms with Gasteiger partial charge >= 0.3 is 11.9 Å². The lowest BCUT2D eigenvalue weighted by Crippen LogP contribution is -2.24. The zero-order chi connectivity index (χ0) is 11.4. The summed E-state index contributed by atoms with van der Waals surface area (Å²) in [6.07, 6.45) is -0.390. The molecule has 0 aromatic carbocycles. The number of nitrogens with zero attached hydrogens (tertiary/aromatic N) is 1. The van der Waals surface area contributed by atoms with E-state index in [0.29, 0.717) is 0 Å². The Labute approximate surface area is 120 Å². The molecule has 0 atom stereocenters. The van der Waals surface area contributed by atoms with E-state index in [0.717, 1.165) is 0 Å². The number of carbonyl (C=O) groups is 2. The zero-order valence-corrected chi connectivity index (χ0v) is 13.0. The second-order valence-corrected chi connectivity index (χ2v) is 13.1. The highest BCUT2D eigenvalue weighted by molar-refractivity contribution is 14.3. The Kier molecular flexibility index (Phi) is 6.67. The van der Waals surface area contributed by atoms with Gasteiger partial charge in [0.25, 0.3) is 0 Å². The van der Waals surface area contributed by atoms with Crippen molar-refractivity contribution in [3.63, 3.8) is 0 Å². The number of carbonyl (C=O) groups excluding carboxylic acids is 2. The minimum absolute atomic E-state index is 0.390. The summed E-state index contributed by atoms with van der Waals surface area (Å²) in [6.45, 7) is -0.525. The summed E-state index contributed by atoms with van der Waals surface area (Å²) in [7, 11) is 0. The van der Waals surface area contributed by atoms with Crippen molar-refractivity contribution in [2.75, 3.05) is 6.54 Å². The second kappa shape index (κ2) is 6.34. The van der Waals surface area contributed by atoms with E-state index in [1.807, 2.05) is 0 Å². The van der Waals surface area contributed by atoms with E-state index in [1.54, 1.807) is 67.8 Å². The van der Waals surface area contributed by atoms with Crippen LogP contribution in [-0.2, 0) is 14.3 Å². The highest BCUT2D eigenvalue weighted by atomic mass is 127. The summed E-state index contributed by atoms with van der Waals surface area (Å²) >= 11 is 5.37. The largest absolute Gasteiger partial charge is 0.391 e. The van der Waals surface area contributed by atoms with Crippen LogP contribution in [0.25, 0.3) is 0 Å². The summed E-state index contributed by atoms with van der Waals surface area (Å²) in [5.74, 6) is -1.59. The number of hydrogen-bond acceptors (Lipinski definition) is 5. The predicted octanol–water partition coefficient (Wildman–Crippen LogP) is 1.68. The quantitative estimate of drug-likeness (QED) is 0.136. The van der Waals surface area contributed by atoms with Gasteiger partial charge in [0.15, 0.2) is 0 Å². The molecule has 14 heavy (non-hydrogen) atoms. The van der Waals surface area contributed by atoms with Gasteiger partial charge in [-0.3, -0.25) is 14.9 Å². The topological polar surface area (TPSA) is 86.5 Å². The van der Waals surface area contributed by atoms with Crippen LogP contribution in [0.2, 0.25) is 0 Å². The van der Waals surface area contributed by atoms with Gasteiger partial charge in [0.2, 0.25) is 5.98 Å². The minimum Gasteiger partial charge on any atom is -0.391 e. The molecule has 0 aliphatic heterocycles. The van der Waals surface area contributed by atoms with Crippen LogP contribution in [0, 0.1) is 10.1 Å². The molecule has 0 bridgehead atoms. The first-order chi connectivity index (χ1) is 6.23. The normalized spacial score (nSPS) is 10.8. The Hall–Kier alpha value is 0.730. The molecule has 0 aromatic heterocycles. The summed E-state index contributed by atoms with van der Waals surface area (Å²) < 4.78 is 3.50. The maximum absolute atomic E-state index is 11.1. The Bertz CT molecular complexity index is 261. The van der Waals surface area contributed by atoms with Crippen LogP contribution in [-0.4, -0.2) is 22.8 Å². The van der Waals surface area contributed by atoms with Gasteiger partial charge in [0, 0.05) is 4.92 Å². The van der Waals surface area contributed by atoms with Crippen LogP contribution >= 0.6 is 67.8 Å². The van der Waals surface area contributed by atoms with Crippen molar-refractivity contribution in [3.05, 3.63) is 10.1 Å². The van der Waals surface area contributed by atoms with Crippen molar-refractivity contribution in [3.8, 4) is 0 Å². The number of esters is 2. The lowest BCUT2D eigenvalue weighted by Gasteiger charge is -2.09. The molecule has 0 aromatic rings. The van der Waals surface area contributed by atoms with Crippen LogP contribution < -0.4 is 0 Å². The van der Waals surface area contributed by atoms with Gasteiger partial charge in [0.1, 0.15) is 6.42 Å². The van der Waals surface area contributed by atoms with Crippen molar-refractivity contribution in [2.24, 2.45) is 0 Å². The molecular weight excluding hydrogens is 535 g/mol. The molecule has 0 N–H and O–H groups in total. The molecule has 0 spiro atoms. The molecule has 0 aliphatic rings. The fraction of sp³-hybridized carbons (Fsp3) is 0.600. The molecule has 0 amide bonds. The van der Waals surface area contributed by atoms with Gasteiger partial charge in [-0.1, -0.05) is 0 Å². The van der Waals surface area contributed by atoms with Gasteiger partial charge in [0.05, 0.1) is 0 Å². The first-order valence-corrected chi connectivity index (χ1v) is 6.40. The van der Waals surface area contributed by atoms with Crippen LogP contribution in [0.1, 0.15) is 6.42 Å². The molecule has 80 valence electrons. The van der Waals surface area contributed by atoms with E-state index < -0.39 is 29.3 Å². The molecular formula is C5H4I3NO5. The van der Waals surface area contributed by atoms with Gasteiger partial charge in [-0.25, -0.2) is 4.79 Å². The molecule has 9 heteroatoms. The van der Waals surface area contributed by atoms with Crippen molar-refractivity contribution in [1.29, 1.82) is 0 Å². The van der Waals surface area contributed by atoms with E-state index in [2.05, 4.69) is 4.74 Å². The second-order valence-electron chi connectivity index (χ2n) is 2.07. The standard InChI is InChI=1S/C5H4I3NO5/c6-5(7,8)4(11)14-3(10)1-2-9(12)13/h1-2H2. The van der Waals surface area contributed by atoms with Crippen molar-refractivity contribution < 1.29 is 19.2 Å². The summed E-state index contributed by atoms with van der Waals surface area (Å²) in [4.78, 5) is 31.2. The van der Waals surface area contributed by atoms with Crippen LogP contribution in [0.15, 0.2) is 0 Å². The number of rotatable bonds is 4. The average molecular weight is 539 g/mol. The van der Waals surface area contributed by atoms with Crippen molar-refractivity contribution in [1.82, 2.24) is 0 Å². The van der Waals surface area contributed by atoms with E-state index in [1.165, 1.54) is 0 Å². The lowest BCUT2D eigenvalue weighted by molar-refractivity contribution is -0.478. The molecule has 0 saturated carbocycles. The molecule has 0 fully saturated rings. The van der Waals surface area contributed by atoms with E-state index in [-0.39, 0.29) is 0 Å². The third-order valence-electron chi connectivity index (χ3n) is 0.936. The SMILES string of the molecule is O=C(CC[N+](=O)[O-])OC(=O)C(I)(I)I.